The van der Waals surface area contributed by atoms with Gasteiger partial charge in [-0.1, -0.05) is 12.2 Å². The van der Waals surface area contributed by atoms with Gasteiger partial charge in [0.25, 0.3) is 0 Å². The summed E-state index contributed by atoms with van der Waals surface area (Å²) in [4.78, 5) is 24.4. The van der Waals surface area contributed by atoms with Gasteiger partial charge in [-0.3, -0.25) is 9.59 Å². The number of hydrogen-bond donors (Lipinski definition) is 0. The van der Waals surface area contributed by atoms with Crippen LogP contribution in [0.15, 0.2) is 29.5 Å². The van der Waals surface area contributed by atoms with Crippen LogP contribution < -0.4 is 0 Å². The van der Waals surface area contributed by atoms with Gasteiger partial charge in [-0.25, -0.2) is 0 Å². The average Bonchev–Trinajstić information content (AvgIpc) is 3.27. The molecule has 0 spiro atoms. The van der Waals surface area contributed by atoms with E-state index in [1.807, 2.05) is 19.9 Å². The first-order chi connectivity index (χ1) is 9.96. The van der Waals surface area contributed by atoms with Gasteiger partial charge in [0.2, 0.25) is 0 Å². The zero-order valence-corrected chi connectivity index (χ0v) is 13.3. The quantitative estimate of drug-likeness (QED) is 0.313. The lowest BCUT2D eigenvalue weighted by molar-refractivity contribution is -0.168. The molecule has 0 unspecified atom stereocenters. The van der Waals surface area contributed by atoms with E-state index in [2.05, 4.69) is 11.8 Å². The summed E-state index contributed by atoms with van der Waals surface area (Å²) < 4.78 is 9.68. The van der Waals surface area contributed by atoms with Crippen LogP contribution in [0.1, 0.15) is 39.5 Å². The summed E-state index contributed by atoms with van der Waals surface area (Å²) in [5.41, 5.74) is 2.68. The maximum absolute atomic E-state index is 12.2. The summed E-state index contributed by atoms with van der Waals surface area (Å²) >= 11 is 0. The molecule has 1 aliphatic carbocycles. The fourth-order valence-electron chi connectivity index (χ4n) is 2.07. The second kappa shape index (κ2) is 7.84. The minimum Gasteiger partial charge on any atom is -0.468 e. The van der Waals surface area contributed by atoms with Crippen molar-refractivity contribution < 1.29 is 19.1 Å². The molecule has 1 saturated carbocycles. The third kappa shape index (κ3) is 4.91. The van der Waals surface area contributed by atoms with Crippen LogP contribution >= 0.6 is 0 Å². The summed E-state index contributed by atoms with van der Waals surface area (Å²) in [6, 6.07) is 0. The number of ether oxygens (including phenoxy) is 2. The summed E-state index contributed by atoms with van der Waals surface area (Å²) in [5.74, 6) is -0.547. The molecule has 0 aliphatic heterocycles. The molecule has 0 amide bonds. The van der Waals surface area contributed by atoms with Crippen LogP contribution in [0, 0.1) is 11.3 Å². The predicted molar refractivity (Wildman–Crippen MR) is 80.5 cm³/mol. The molecule has 1 fully saturated rings. The lowest BCUT2D eigenvalue weighted by Crippen LogP contribution is -2.40. The van der Waals surface area contributed by atoms with Gasteiger partial charge in [-0.15, -0.1) is 5.73 Å². The second-order valence-electron chi connectivity index (χ2n) is 5.59. The molecule has 116 valence electrons. The van der Waals surface area contributed by atoms with Crippen molar-refractivity contribution in [2.45, 2.75) is 39.5 Å². The Morgan fingerprint density at radius 1 is 1.14 bits per heavy atom. The molecule has 0 aromatic rings. The molecule has 1 aliphatic rings. The Balaban J connectivity index is 3.03. The monoisotopic (exact) mass is 292 g/mol. The molecule has 0 heterocycles. The molecule has 4 nitrogen and oxygen atoms in total. The molecule has 0 saturated heterocycles. The smallest absolute Gasteiger partial charge is 0.323 e. The lowest BCUT2D eigenvalue weighted by atomic mass is 9.80. The van der Waals surface area contributed by atoms with Crippen LogP contribution in [-0.2, 0) is 19.1 Å². The Morgan fingerprint density at radius 3 is 2.14 bits per heavy atom. The van der Waals surface area contributed by atoms with Gasteiger partial charge in [0.05, 0.1) is 14.2 Å². The molecule has 0 aromatic carbocycles. The van der Waals surface area contributed by atoms with Crippen LogP contribution in [0.5, 0.6) is 0 Å². The Kier molecular flexibility index (Phi) is 6.44. The van der Waals surface area contributed by atoms with Gasteiger partial charge in [-0.2, -0.15) is 0 Å². The fraction of sp³-hybridized carbons (Fsp3) is 0.588. The average molecular weight is 292 g/mol. The molecule has 0 bridgehead atoms. The normalized spacial score (nSPS) is 14.5. The highest BCUT2D eigenvalue weighted by Gasteiger charge is 2.46. The zero-order valence-electron chi connectivity index (χ0n) is 13.3. The Morgan fingerprint density at radius 2 is 1.71 bits per heavy atom. The van der Waals surface area contributed by atoms with E-state index >= 15 is 0 Å². The summed E-state index contributed by atoms with van der Waals surface area (Å²) in [6.07, 6.45) is 8.51. The van der Waals surface area contributed by atoms with E-state index in [-0.39, 0.29) is 12.8 Å². The summed E-state index contributed by atoms with van der Waals surface area (Å²) in [6.45, 7) is 3.81. The number of carbonyl (C=O) groups is 2. The topological polar surface area (TPSA) is 52.6 Å². The third-order valence-corrected chi connectivity index (χ3v) is 3.49. The van der Waals surface area contributed by atoms with Crippen molar-refractivity contribution in [2.75, 3.05) is 14.2 Å². The molecule has 0 N–H and O–H groups in total. The van der Waals surface area contributed by atoms with Crippen molar-refractivity contribution in [1.82, 2.24) is 0 Å². The highest BCUT2D eigenvalue weighted by atomic mass is 16.5. The van der Waals surface area contributed by atoms with E-state index < -0.39 is 17.4 Å². The van der Waals surface area contributed by atoms with Crippen LogP contribution in [0.3, 0.4) is 0 Å². The van der Waals surface area contributed by atoms with Gasteiger partial charge < -0.3 is 9.47 Å². The molecular formula is C17H24O4. The maximum Gasteiger partial charge on any atom is 0.323 e. The Bertz CT molecular complexity index is 457. The van der Waals surface area contributed by atoms with E-state index in [0.717, 1.165) is 5.57 Å². The number of allylic oxidation sites excluding steroid dienone is 3. The van der Waals surface area contributed by atoms with Gasteiger partial charge >= 0.3 is 11.9 Å². The van der Waals surface area contributed by atoms with Gasteiger partial charge in [0.15, 0.2) is 5.41 Å². The first-order valence-corrected chi connectivity index (χ1v) is 7.18. The number of esters is 2. The van der Waals surface area contributed by atoms with Crippen molar-refractivity contribution in [2.24, 2.45) is 11.3 Å². The maximum atomic E-state index is 12.2. The summed E-state index contributed by atoms with van der Waals surface area (Å²) in [7, 11) is 2.57. The number of carbonyl (C=O) groups excluding carboxylic acids is 2. The van der Waals surface area contributed by atoms with Gasteiger partial charge in [0, 0.05) is 0 Å². The van der Waals surface area contributed by atoms with E-state index in [0.29, 0.717) is 5.92 Å². The van der Waals surface area contributed by atoms with Crippen LogP contribution in [-0.4, -0.2) is 26.2 Å². The van der Waals surface area contributed by atoms with E-state index in [9.17, 15) is 9.59 Å². The van der Waals surface area contributed by atoms with E-state index in [1.54, 1.807) is 6.08 Å². The van der Waals surface area contributed by atoms with Crippen LogP contribution in [0.2, 0.25) is 0 Å². The Labute approximate surface area is 126 Å². The molecule has 1 rings (SSSR count). The summed E-state index contributed by atoms with van der Waals surface area (Å²) in [5, 5.41) is 0. The molecular weight excluding hydrogens is 268 g/mol. The first-order valence-electron chi connectivity index (χ1n) is 7.18. The molecule has 0 aromatic heterocycles. The second-order valence-corrected chi connectivity index (χ2v) is 5.59. The molecule has 0 atom stereocenters. The van der Waals surface area contributed by atoms with Gasteiger partial charge in [-0.05, 0) is 57.1 Å². The molecule has 21 heavy (non-hydrogen) atoms. The van der Waals surface area contributed by atoms with Crippen molar-refractivity contribution >= 4 is 11.9 Å². The Hall–Kier alpha value is -1.80. The number of rotatable bonds is 7. The van der Waals surface area contributed by atoms with Crippen molar-refractivity contribution in [3.05, 3.63) is 29.5 Å². The largest absolute Gasteiger partial charge is 0.468 e. The van der Waals surface area contributed by atoms with Crippen LogP contribution in [0.4, 0.5) is 0 Å². The molecule has 0 radical (unpaired) electrons. The fourth-order valence-corrected chi connectivity index (χ4v) is 2.07. The minimum atomic E-state index is -1.32. The number of hydrogen-bond acceptors (Lipinski definition) is 4. The lowest BCUT2D eigenvalue weighted by Gasteiger charge is -2.25. The molecule has 4 heteroatoms. The van der Waals surface area contributed by atoms with Crippen molar-refractivity contribution in [3.8, 4) is 0 Å². The standard InChI is InChI=1S/C17H24O4/c1-13(2)7-5-11-17(15(18)20-3,16(19)21-4)12-6-8-14-9-10-14/h5-6,8,14H,9-12H2,1-4H3/b8-6+. The van der Waals surface area contributed by atoms with E-state index in [1.165, 1.54) is 27.1 Å². The number of methoxy groups -OCH3 is 2. The highest BCUT2D eigenvalue weighted by molar-refractivity contribution is 6.00. The van der Waals surface area contributed by atoms with E-state index in [4.69, 9.17) is 9.47 Å². The first kappa shape index (κ1) is 17.3. The van der Waals surface area contributed by atoms with Crippen molar-refractivity contribution in [3.63, 3.8) is 0 Å². The van der Waals surface area contributed by atoms with Crippen LogP contribution in [0.25, 0.3) is 0 Å². The zero-order chi connectivity index (χ0) is 15.9. The SMILES string of the molecule is COC(=O)C(CC=C=C(C)C)(C/C=C/C1CC1)C(=O)OC. The van der Waals surface area contributed by atoms with Gasteiger partial charge in [0.1, 0.15) is 0 Å². The minimum absolute atomic E-state index is 0.215. The van der Waals surface area contributed by atoms with Crippen molar-refractivity contribution in [1.29, 1.82) is 0 Å². The third-order valence-electron chi connectivity index (χ3n) is 3.49. The highest BCUT2D eigenvalue weighted by Crippen LogP contribution is 2.34. The predicted octanol–water partition coefficient (Wildman–Crippen LogP) is 3.19.